The Labute approximate surface area is 100 Å². The minimum absolute atomic E-state index is 1.14. The normalized spacial score (nSPS) is 11.1. The van der Waals surface area contributed by atoms with Crippen LogP contribution in [0.5, 0.6) is 0 Å². The van der Waals surface area contributed by atoms with Gasteiger partial charge in [0.2, 0.25) is 0 Å². The zero-order valence-corrected chi connectivity index (χ0v) is 11.2. The van der Waals surface area contributed by atoms with Gasteiger partial charge in [0.15, 0.2) is 0 Å². The van der Waals surface area contributed by atoms with Gasteiger partial charge in [0.05, 0.1) is 0 Å². The highest BCUT2D eigenvalue weighted by atomic mass is 15.0. The second-order valence-electron chi connectivity index (χ2n) is 4.87. The molecule has 0 radical (unpaired) electrons. The van der Waals surface area contributed by atoms with Crippen LogP contribution in [0.3, 0.4) is 0 Å². The van der Waals surface area contributed by atoms with Crippen molar-refractivity contribution in [1.29, 1.82) is 0 Å². The number of likely N-dealkylation sites (N-methyl/N-ethyl adjacent to an activating group) is 1. The molecule has 0 saturated heterocycles. The molecule has 0 N–H and O–H groups in total. The molecule has 0 aliphatic heterocycles. The summed E-state index contributed by atoms with van der Waals surface area (Å²) < 4.78 is 0. The number of rotatable bonds is 6. The van der Waals surface area contributed by atoms with E-state index >= 15 is 0 Å². The molecular formula is C15H25N. The van der Waals surface area contributed by atoms with Crippen LogP contribution in [0.25, 0.3) is 0 Å². The van der Waals surface area contributed by atoms with E-state index in [9.17, 15) is 0 Å². The molecule has 0 atom stereocenters. The van der Waals surface area contributed by atoms with Crippen LogP contribution in [0.15, 0.2) is 18.2 Å². The number of hydrogen-bond acceptors (Lipinski definition) is 1. The highest BCUT2D eigenvalue weighted by molar-refractivity contribution is 5.34. The van der Waals surface area contributed by atoms with Crippen LogP contribution in [-0.4, -0.2) is 25.5 Å². The molecule has 1 nitrogen and oxygen atoms in total. The van der Waals surface area contributed by atoms with Crippen molar-refractivity contribution < 1.29 is 0 Å². The molecular weight excluding hydrogens is 194 g/mol. The second-order valence-corrected chi connectivity index (χ2v) is 4.87. The quantitative estimate of drug-likeness (QED) is 0.708. The Morgan fingerprint density at radius 2 is 1.88 bits per heavy atom. The number of nitrogens with zero attached hydrogens (tertiary/aromatic N) is 1. The number of aryl methyl sites for hydroxylation is 2. The molecule has 0 unspecified atom stereocenters. The van der Waals surface area contributed by atoms with Gasteiger partial charge in [-0.15, -0.1) is 0 Å². The van der Waals surface area contributed by atoms with Crippen molar-refractivity contribution in [1.82, 2.24) is 4.90 Å². The standard InChI is InChI=1S/C15H25N/c1-5-6-9-14-10-7-8-13(2)15(14)11-12-16(3)4/h7-8,10H,5-6,9,11-12H2,1-4H3. The Bertz CT molecular complexity index is 315. The minimum atomic E-state index is 1.14. The van der Waals surface area contributed by atoms with Gasteiger partial charge in [-0.2, -0.15) is 0 Å². The third kappa shape index (κ3) is 3.97. The number of hydrogen-bond donors (Lipinski definition) is 0. The highest BCUT2D eigenvalue weighted by Crippen LogP contribution is 2.17. The lowest BCUT2D eigenvalue weighted by Crippen LogP contribution is -2.16. The van der Waals surface area contributed by atoms with Crippen LogP contribution < -0.4 is 0 Å². The fraction of sp³-hybridized carbons (Fsp3) is 0.600. The van der Waals surface area contributed by atoms with Crippen LogP contribution in [0, 0.1) is 6.92 Å². The Morgan fingerprint density at radius 1 is 1.12 bits per heavy atom. The zero-order valence-electron chi connectivity index (χ0n) is 11.2. The first-order chi connectivity index (χ1) is 7.65. The summed E-state index contributed by atoms with van der Waals surface area (Å²) in [6.07, 6.45) is 5.00. The van der Waals surface area contributed by atoms with Gasteiger partial charge in [-0.05, 0) is 57.0 Å². The molecule has 1 heteroatoms. The van der Waals surface area contributed by atoms with Crippen molar-refractivity contribution in [3.05, 3.63) is 34.9 Å². The van der Waals surface area contributed by atoms with Crippen LogP contribution in [0.2, 0.25) is 0 Å². The molecule has 0 spiro atoms. The molecule has 0 heterocycles. The molecule has 0 aromatic heterocycles. The fourth-order valence-corrected chi connectivity index (χ4v) is 2.06. The van der Waals surface area contributed by atoms with Crippen LogP contribution in [0.4, 0.5) is 0 Å². The molecule has 0 bridgehead atoms. The van der Waals surface area contributed by atoms with Crippen molar-refractivity contribution in [3.63, 3.8) is 0 Å². The van der Waals surface area contributed by atoms with Crippen LogP contribution in [-0.2, 0) is 12.8 Å². The number of unbranched alkanes of at least 4 members (excludes halogenated alkanes) is 1. The van der Waals surface area contributed by atoms with E-state index in [2.05, 4.69) is 51.0 Å². The summed E-state index contributed by atoms with van der Waals surface area (Å²) in [5, 5.41) is 0. The van der Waals surface area contributed by atoms with Gasteiger partial charge in [0.25, 0.3) is 0 Å². The summed E-state index contributed by atoms with van der Waals surface area (Å²) in [6, 6.07) is 6.73. The van der Waals surface area contributed by atoms with Gasteiger partial charge in [-0.3, -0.25) is 0 Å². The molecule has 1 aromatic rings. The molecule has 0 aliphatic carbocycles. The van der Waals surface area contributed by atoms with E-state index in [0.29, 0.717) is 0 Å². The van der Waals surface area contributed by atoms with Crippen LogP contribution in [0.1, 0.15) is 36.5 Å². The van der Waals surface area contributed by atoms with E-state index in [1.807, 2.05) is 0 Å². The first-order valence-electron chi connectivity index (χ1n) is 6.37. The predicted octanol–water partition coefficient (Wildman–Crippen LogP) is 3.44. The molecule has 0 saturated carbocycles. The van der Waals surface area contributed by atoms with Gasteiger partial charge >= 0.3 is 0 Å². The van der Waals surface area contributed by atoms with Crippen LogP contribution >= 0.6 is 0 Å². The minimum Gasteiger partial charge on any atom is -0.309 e. The van der Waals surface area contributed by atoms with Crippen molar-refractivity contribution in [3.8, 4) is 0 Å². The largest absolute Gasteiger partial charge is 0.309 e. The fourth-order valence-electron chi connectivity index (χ4n) is 2.06. The van der Waals surface area contributed by atoms with Gasteiger partial charge in [0, 0.05) is 6.54 Å². The lowest BCUT2D eigenvalue weighted by molar-refractivity contribution is 0.412. The maximum absolute atomic E-state index is 2.30. The summed E-state index contributed by atoms with van der Waals surface area (Å²) in [6.45, 7) is 5.64. The topological polar surface area (TPSA) is 3.24 Å². The third-order valence-electron chi connectivity index (χ3n) is 3.12. The summed E-state index contributed by atoms with van der Waals surface area (Å²) in [5.74, 6) is 0. The van der Waals surface area contributed by atoms with Crippen molar-refractivity contribution in [2.45, 2.75) is 39.5 Å². The third-order valence-corrected chi connectivity index (χ3v) is 3.12. The predicted molar refractivity (Wildman–Crippen MR) is 72.0 cm³/mol. The van der Waals surface area contributed by atoms with E-state index in [4.69, 9.17) is 0 Å². The summed E-state index contributed by atoms with van der Waals surface area (Å²) in [4.78, 5) is 2.26. The maximum atomic E-state index is 2.30. The van der Waals surface area contributed by atoms with Gasteiger partial charge in [0.1, 0.15) is 0 Å². The monoisotopic (exact) mass is 219 g/mol. The zero-order chi connectivity index (χ0) is 12.0. The molecule has 1 aromatic carbocycles. The summed E-state index contributed by atoms with van der Waals surface area (Å²) in [5.41, 5.74) is 4.59. The van der Waals surface area contributed by atoms with Crippen molar-refractivity contribution in [2.24, 2.45) is 0 Å². The second kappa shape index (κ2) is 6.70. The number of benzene rings is 1. The molecule has 16 heavy (non-hydrogen) atoms. The summed E-state index contributed by atoms with van der Waals surface area (Å²) in [7, 11) is 4.29. The van der Waals surface area contributed by atoms with Crippen molar-refractivity contribution >= 4 is 0 Å². The SMILES string of the molecule is CCCCc1cccc(C)c1CCN(C)C. The van der Waals surface area contributed by atoms with E-state index in [-0.39, 0.29) is 0 Å². The van der Waals surface area contributed by atoms with Crippen molar-refractivity contribution in [2.75, 3.05) is 20.6 Å². The first kappa shape index (κ1) is 13.2. The molecule has 0 fully saturated rings. The lowest BCUT2D eigenvalue weighted by atomic mass is 9.95. The van der Waals surface area contributed by atoms with E-state index in [1.165, 1.54) is 31.2 Å². The maximum Gasteiger partial charge on any atom is 0.00159 e. The van der Waals surface area contributed by atoms with Gasteiger partial charge in [-0.25, -0.2) is 0 Å². The van der Waals surface area contributed by atoms with Gasteiger partial charge < -0.3 is 4.90 Å². The molecule has 0 aliphatic rings. The highest BCUT2D eigenvalue weighted by Gasteiger charge is 2.05. The first-order valence-corrected chi connectivity index (χ1v) is 6.37. The Kier molecular flexibility index (Phi) is 5.54. The average Bonchev–Trinajstić information content (AvgIpc) is 2.24. The lowest BCUT2D eigenvalue weighted by Gasteiger charge is -2.15. The Hall–Kier alpha value is -0.820. The molecule has 90 valence electrons. The average molecular weight is 219 g/mol. The van der Waals surface area contributed by atoms with E-state index in [1.54, 1.807) is 11.1 Å². The van der Waals surface area contributed by atoms with E-state index < -0.39 is 0 Å². The summed E-state index contributed by atoms with van der Waals surface area (Å²) >= 11 is 0. The van der Waals surface area contributed by atoms with Gasteiger partial charge in [-0.1, -0.05) is 31.5 Å². The molecule has 1 rings (SSSR count). The Balaban J connectivity index is 2.77. The van der Waals surface area contributed by atoms with E-state index in [0.717, 1.165) is 6.54 Å². The smallest absolute Gasteiger partial charge is 0.00159 e. The Morgan fingerprint density at radius 3 is 2.50 bits per heavy atom. The molecule has 0 amide bonds.